The Kier molecular flexibility index (Phi) is 5.55. The molecule has 3 N–H and O–H groups in total. The minimum Gasteiger partial charge on any atom is -0.324 e. The van der Waals surface area contributed by atoms with E-state index in [1.807, 2.05) is 19.9 Å². The lowest BCUT2D eigenvalue weighted by Gasteiger charge is -2.26. The van der Waals surface area contributed by atoms with E-state index < -0.39 is 5.54 Å². The van der Waals surface area contributed by atoms with Crippen LogP contribution in [0.3, 0.4) is 0 Å². The molecule has 1 amide bonds. The number of aryl methyl sites for hydroxylation is 2. The Morgan fingerprint density at radius 2 is 1.58 bits per heavy atom. The third-order valence-corrected chi connectivity index (χ3v) is 3.95. The second-order valence-electron chi connectivity index (χ2n) is 4.98. The van der Waals surface area contributed by atoms with Gasteiger partial charge in [0.25, 0.3) is 0 Å². The monoisotopic (exact) mass is 262 g/mol. The highest BCUT2D eigenvalue weighted by molar-refractivity contribution is 5.99. The van der Waals surface area contributed by atoms with E-state index >= 15 is 0 Å². The van der Waals surface area contributed by atoms with Crippen LogP contribution < -0.4 is 11.1 Å². The Labute approximate surface area is 116 Å². The molecule has 19 heavy (non-hydrogen) atoms. The van der Waals surface area contributed by atoms with Gasteiger partial charge in [0.1, 0.15) is 0 Å². The van der Waals surface area contributed by atoms with Crippen molar-refractivity contribution in [1.82, 2.24) is 0 Å². The molecule has 1 rings (SSSR count). The molecule has 0 fully saturated rings. The number of anilines is 1. The van der Waals surface area contributed by atoms with Gasteiger partial charge in [-0.1, -0.05) is 45.9 Å². The van der Waals surface area contributed by atoms with E-state index in [1.165, 1.54) is 11.1 Å². The van der Waals surface area contributed by atoms with Crippen molar-refractivity contribution in [2.24, 2.45) is 5.73 Å². The molecule has 3 heteroatoms. The van der Waals surface area contributed by atoms with Gasteiger partial charge in [-0.2, -0.15) is 0 Å². The van der Waals surface area contributed by atoms with Gasteiger partial charge in [-0.25, -0.2) is 0 Å². The molecular weight excluding hydrogens is 236 g/mol. The van der Waals surface area contributed by atoms with Crippen LogP contribution in [-0.2, 0) is 17.6 Å². The lowest BCUT2D eigenvalue weighted by Crippen LogP contribution is -2.50. The highest BCUT2D eigenvalue weighted by Gasteiger charge is 2.30. The second kappa shape index (κ2) is 6.71. The van der Waals surface area contributed by atoms with Gasteiger partial charge < -0.3 is 11.1 Å². The Hall–Kier alpha value is -1.35. The van der Waals surface area contributed by atoms with Crippen molar-refractivity contribution in [3.63, 3.8) is 0 Å². The van der Waals surface area contributed by atoms with Crippen molar-refractivity contribution >= 4 is 11.6 Å². The third-order valence-electron chi connectivity index (χ3n) is 3.95. The summed E-state index contributed by atoms with van der Waals surface area (Å²) in [5, 5.41) is 3.06. The Bertz CT molecular complexity index is 414. The van der Waals surface area contributed by atoms with Gasteiger partial charge in [-0.05, 0) is 36.8 Å². The topological polar surface area (TPSA) is 55.1 Å². The minimum absolute atomic E-state index is 0.0758. The van der Waals surface area contributed by atoms with Crippen molar-refractivity contribution in [3.05, 3.63) is 29.3 Å². The zero-order chi connectivity index (χ0) is 14.5. The van der Waals surface area contributed by atoms with Crippen molar-refractivity contribution in [3.8, 4) is 0 Å². The lowest BCUT2D eigenvalue weighted by atomic mass is 9.92. The number of nitrogens with one attached hydrogen (secondary N) is 1. The Morgan fingerprint density at radius 3 is 1.95 bits per heavy atom. The largest absolute Gasteiger partial charge is 0.324 e. The van der Waals surface area contributed by atoms with Gasteiger partial charge in [-0.3, -0.25) is 4.79 Å². The summed E-state index contributed by atoms with van der Waals surface area (Å²) >= 11 is 0. The second-order valence-corrected chi connectivity index (χ2v) is 4.98. The van der Waals surface area contributed by atoms with Crippen molar-refractivity contribution in [1.29, 1.82) is 0 Å². The molecule has 1 aromatic carbocycles. The molecule has 0 saturated heterocycles. The van der Waals surface area contributed by atoms with Crippen LogP contribution in [0.15, 0.2) is 18.2 Å². The first-order valence-corrected chi connectivity index (χ1v) is 7.23. The van der Waals surface area contributed by atoms with E-state index in [4.69, 9.17) is 5.73 Å². The maximum Gasteiger partial charge on any atom is 0.244 e. The van der Waals surface area contributed by atoms with Crippen LogP contribution in [0.25, 0.3) is 0 Å². The summed E-state index contributed by atoms with van der Waals surface area (Å²) in [4.78, 5) is 12.4. The summed E-state index contributed by atoms with van der Waals surface area (Å²) < 4.78 is 0. The number of benzene rings is 1. The van der Waals surface area contributed by atoms with Gasteiger partial charge in [0.05, 0.1) is 5.54 Å². The van der Waals surface area contributed by atoms with E-state index in [2.05, 4.69) is 31.3 Å². The quantitative estimate of drug-likeness (QED) is 0.826. The molecule has 0 bridgehead atoms. The molecule has 3 nitrogen and oxygen atoms in total. The maximum atomic E-state index is 12.4. The lowest BCUT2D eigenvalue weighted by molar-refractivity contribution is -0.121. The molecule has 106 valence electrons. The smallest absolute Gasteiger partial charge is 0.244 e. The van der Waals surface area contributed by atoms with Crippen LogP contribution in [-0.4, -0.2) is 11.4 Å². The van der Waals surface area contributed by atoms with E-state index in [1.54, 1.807) is 0 Å². The first-order valence-electron chi connectivity index (χ1n) is 7.23. The van der Waals surface area contributed by atoms with Crippen LogP contribution in [0.5, 0.6) is 0 Å². The van der Waals surface area contributed by atoms with Gasteiger partial charge in [0.2, 0.25) is 5.91 Å². The fourth-order valence-electron chi connectivity index (χ4n) is 2.21. The number of carbonyl (C=O) groups excluding carboxylic acids is 1. The maximum absolute atomic E-state index is 12.4. The normalized spacial score (nSPS) is 11.4. The highest BCUT2D eigenvalue weighted by atomic mass is 16.2. The average molecular weight is 262 g/mol. The third kappa shape index (κ3) is 3.35. The summed E-state index contributed by atoms with van der Waals surface area (Å²) in [6.45, 7) is 8.10. The molecule has 0 aliphatic rings. The molecule has 0 atom stereocenters. The highest BCUT2D eigenvalue weighted by Crippen LogP contribution is 2.24. The molecule has 0 heterocycles. The van der Waals surface area contributed by atoms with E-state index in [0.717, 1.165) is 18.5 Å². The first-order chi connectivity index (χ1) is 9.02. The summed E-state index contributed by atoms with van der Waals surface area (Å²) in [5.41, 5.74) is 8.68. The molecule has 0 aromatic heterocycles. The molecular formula is C16H26N2O. The van der Waals surface area contributed by atoms with Gasteiger partial charge in [-0.15, -0.1) is 0 Å². The SMILES string of the molecule is CCc1cccc(CC)c1NC(=O)C(N)(CC)CC. The van der Waals surface area contributed by atoms with Crippen molar-refractivity contribution in [2.45, 2.75) is 58.9 Å². The average Bonchev–Trinajstić information content (AvgIpc) is 2.46. The fraction of sp³-hybridized carbons (Fsp3) is 0.562. The van der Waals surface area contributed by atoms with Crippen LogP contribution in [0.2, 0.25) is 0 Å². The molecule has 0 radical (unpaired) electrons. The van der Waals surface area contributed by atoms with Crippen molar-refractivity contribution in [2.75, 3.05) is 5.32 Å². The predicted molar refractivity (Wildman–Crippen MR) is 81.3 cm³/mol. The molecule has 0 unspecified atom stereocenters. The number of amides is 1. The Balaban J connectivity index is 3.08. The molecule has 0 saturated carbocycles. The van der Waals surface area contributed by atoms with E-state index in [9.17, 15) is 4.79 Å². The van der Waals surface area contributed by atoms with Crippen molar-refractivity contribution < 1.29 is 4.79 Å². The van der Waals surface area contributed by atoms with Gasteiger partial charge in [0, 0.05) is 5.69 Å². The molecule has 0 spiro atoms. The van der Waals surface area contributed by atoms with Gasteiger partial charge in [0.15, 0.2) is 0 Å². The van der Waals surface area contributed by atoms with Crippen LogP contribution in [0.1, 0.15) is 51.7 Å². The van der Waals surface area contributed by atoms with E-state index in [-0.39, 0.29) is 5.91 Å². The zero-order valence-electron chi connectivity index (χ0n) is 12.5. The van der Waals surface area contributed by atoms with Crippen LogP contribution >= 0.6 is 0 Å². The molecule has 1 aromatic rings. The van der Waals surface area contributed by atoms with Crippen LogP contribution in [0.4, 0.5) is 5.69 Å². The number of nitrogens with two attached hydrogens (primary N) is 1. The van der Waals surface area contributed by atoms with Gasteiger partial charge >= 0.3 is 0 Å². The summed E-state index contributed by atoms with van der Waals surface area (Å²) in [5.74, 6) is -0.0758. The van der Waals surface area contributed by atoms with E-state index in [0.29, 0.717) is 12.8 Å². The number of hydrogen-bond donors (Lipinski definition) is 2. The Morgan fingerprint density at radius 1 is 1.11 bits per heavy atom. The minimum atomic E-state index is -0.772. The first kappa shape index (κ1) is 15.7. The number of carbonyl (C=O) groups is 1. The standard InChI is InChI=1S/C16H26N2O/c1-5-12-10-9-11-13(6-2)14(12)18-15(19)16(17,7-3)8-4/h9-11H,5-8,17H2,1-4H3,(H,18,19). The zero-order valence-corrected chi connectivity index (χ0v) is 12.5. The molecule has 0 aliphatic carbocycles. The summed E-state index contributed by atoms with van der Waals surface area (Å²) in [6, 6.07) is 6.17. The number of rotatable bonds is 6. The summed E-state index contributed by atoms with van der Waals surface area (Å²) in [7, 11) is 0. The molecule has 0 aliphatic heterocycles. The summed E-state index contributed by atoms with van der Waals surface area (Å²) in [6.07, 6.45) is 3.09. The number of para-hydroxylation sites is 1. The number of hydrogen-bond acceptors (Lipinski definition) is 2. The fourth-order valence-corrected chi connectivity index (χ4v) is 2.21. The van der Waals surface area contributed by atoms with Crippen LogP contribution in [0, 0.1) is 0 Å². The predicted octanol–water partition coefficient (Wildman–Crippen LogP) is 3.27.